The van der Waals surface area contributed by atoms with Crippen LogP contribution in [0.15, 0.2) is 0 Å². The minimum absolute atomic E-state index is 0.222. The van der Waals surface area contributed by atoms with Gasteiger partial charge in [0.25, 0.3) is 0 Å². The Balaban J connectivity index is 2.68. The maximum Gasteiger partial charge on any atom is 0.358 e. The van der Waals surface area contributed by atoms with Gasteiger partial charge in [0, 0.05) is 13.2 Å². The van der Waals surface area contributed by atoms with Crippen LogP contribution in [0.1, 0.15) is 30.0 Å². The fraction of sp³-hybridized carbons (Fsp3) is 0.636. The quantitative estimate of drug-likeness (QED) is 0.593. The molecular weight excluding hydrogens is 222 g/mol. The molecule has 1 aromatic rings. The Kier molecular flexibility index (Phi) is 4.96. The van der Waals surface area contributed by atoms with Gasteiger partial charge in [0.15, 0.2) is 5.69 Å². The average Bonchev–Trinajstić information content (AvgIpc) is 2.61. The van der Waals surface area contributed by atoms with Crippen molar-refractivity contribution in [3.63, 3.8) is 0 Å². The number of hydrogen-bond donors (Lipinski definition) is 1. The van der Waals surface area contributed by atoms with E-state index in [0.29, 0.717) is 36.8 Å². The molecule has 17 heavy (non-hydrogen) atoms. The lowest BCUT2D eigenvalue weighted by Crippen LogP contribution is -2.16. The second-order valence-electron chi connectivity index (χ2n) is 3.50. The lowest BCUT2D eigenvalue weighted by Gasteiger charge is -2.06. The monoisotopic (exact) mass is 241 g/mol. The predicted molar refractivity (Wildman–Crippen MR) is 63.8 cm³/mol. The van der Waals surface area contributed by atoms with Gasteiger partial charge in [-0.3, -0.25) is 4.68 Å². The van der Waals surface area contributed by atoms with Crippen LogP contribution in [0.5, 0.6) is 0 Å². The summed E-state index contributed by atoms with van der Waals surface area (Å²) in [7, 11) is 0. The molecule has 1 heterocycles. The standard InChI is InChI=1S/C11H19N3O3/c1-4-14-10(9(12)8(3)13-14)11(15)17-7-6-16-5-2/h4-7,12H2,1-3H3. The molecule has 0 aliphatic heterocycles. The number of carbonyl (C=O) groups is 1. The third kappa shape index (κ3) is 3.20. The molecular formula is C11H19N3O3. The normalized spacial score (nSPS) is 10.5. The minimum atomic E-state index is -0.454. The Bertz CT molecular complexity index is 388. The van der Waals surface area contributed by atoms with Gasteiger partial charge in [0.2, 0.25) is 0 Å². The molecule has 6 heteroatoms. The van der Waals surface area contributed by atoms with Gasteiger partial charge >= 0.3 is 5.97 Å². The molecule has 0 amide bonds. The molecule has 96 valence electrons. The molecule has 0 spiro atoms. The molecule has 0 saturated carbocycles. The number of nitrogens with zero attached hydrogens (tertiary/aromatic N) is 2. The van der Waals surface area contributed by atoms with Crippen LogP contribution < -0.4 is 5.73 Å². The number of carbonyl (C=O) groups excluding carboxylic acids is 1. The van der Waals surface area contributed by atoms with Crippen molar-refractivity contribution in [2.75, 3.05) is 25.6 Å². The van der Waals surface area contributed by atoms with Gasteiger partial charge in [-0.2, -0.15) is 5.10 Å². The highest BCUT2D eigenvalue weighted by Gasteiger charge is 2.20. The van der Waals surface area contributed by atoms with Gasteiger partial charge in [0.1, 0.15) is 6.61 Å². The zero-order valence-electron chi connectivity index (χ0n) is 10.5. The average molecular weight is 241 g/mol. The summed E-state index contributed by atoms with van der Waals surface area (Å²) in [6.45, 7) is 7.33. The summed E-state index contributed by atoms with van der Waals surface area (Å²) in [5, 5.41) is 4.15. The molecule has 0 fully saturated rings. The first-order valence-corrected chi connectivity index (χ1v) is 5.69. The molecule has 0 unspecified atom stereocenters. The van der Waals surface area contributed by atoms with Crippen LogP contribution in [0, 0.1) is 6.92 Å². The molecule has 0 aliphatic rings. The smallest absolute Gasteiger partial charge is 0.358 e. The van der Waals surface area contributed by atoms with Crippen molar-refractivity contribution in [2.45, 2.75) is 27.3 Å². The van der Waals surface area contributed by atoms with Crippen molar-refractivity contribution in [1.29, 1.82) is 0 Å². The van der Waals surface area contributed by atoms with Gasteiger partial charge in [-0.1, -0.05) is 0 Å². The van der Waals surface area contributed by atoms with Crippen LogP contribution >= 0.6 is 0 Å². The number of rotatable bonds is 6. The fourth-order valence-corrected chi connectivity index (χ4v) is 1.45. The molecule has 6 nitrogen and oxygen atoms in total. The van der Waals surface area contributed by atoms with E-state index in [2.05, 4.69) is 5.10 Å². The van der Waals surface area contributed by atoms with Gasteiger partial charge in [0.05, 0.1) is 18.0 Å². The van der Waals surface area contributed by atoms with Crippen molar-refractivity contribution < 1.29 is 14.3 Å². The number of anilines is 1. The lowest BCUT2D eigenvalue weighted by molar-refractivity contribution is 0.0324. The SMILES string of the molecule is CCOCCOC(=O)c1c(N)c(C)nn1CC. The molecule has 0 saturated heterocycles. The predicted octanol–water partition coefficient (Wildman–Crippen LogP) is 0.987. The van der Waals surface area contributed by atoms with Crippen molar-refractivity contribution in [3.8, 4) is 0 Å². The highest BCUT2D eigenvalue weighted by molar-refractivity contribution is 5.93. The van der Waals surface area contributed by atoms with Gasteiger partial charge in [-0.05, 0) is 20.8 Å². The summed E-state index contributed by atoms with van der Waals surface area (Å²) >= 11 is 0. The molecule has 1 aromatic heterocycles. The summed E-state index contributed by atoms with van der Waals surface area (Å²) in [5.74, 6) is -0.454. The first kappa shape index (κ1) is 13.5. The summed E-state index contributed by atoms with van der Waals surface area (Å²) in [5.41, 5.74) is 7.14. The molecule has 0 bridgehead atoms. The summed E-state index contributed by atoms with van der Waals surface area (Å²) in [6.07, 6.45) is 0. The third-order valence-corrected chi connectivity index (χ3v) is 2.33. The van der Waals surface area contributed by atoms with Crippen LogP contribution in [-0.2, 0) is 16.0 Å². The minimum Gasteiger partial charge on any atom is -0.458 e. The number of aryl methyl sites for hydroxylation is 2. The zero-order valence-corrected chi connectivity index (χ0v) is 10.5. The summed E-state index contributed by atoms with van der Waals surface area (Å²) in [4.78, 5) is 11.8. The topological polar surface area (TPSA) is 79.4 Å². The number of ether oxygens (including phenoxy) is 2. The third-order valence-electron chi connectivity index (χ3n) is 2.33. The lowest BCUT2D eigenvalue weighted by atomic mass is 10.3. The van der Waals surface area contributed by atoms with E-state index in [9.17, 15) is 4.79 Å². The zero-order chi connectivity index (χ0) is 12.8. The molecule has 0 radical (unpaired) electrons. The Labute approximate surface area is 101 Å². The Morgan fingerprint density at radius 3 is 2.71 bits per heavy atom. The molecule has 2 N–H and O–H groups in total. The van der Waals surface area contributed by atoms with E-state index in [4.69, 9.17) is 15.2 Å². The maximum atomic E-state index is 11.8. The van der Waals surface area contributed by atoms with Crippen LogP contribution in [-0.4, -0.2) is 35.6 Å². The van der Waals surface area contributed by atoms with E-state index in [-0.39, 0.29) is 6.61 Å². The van der Waals surface area contributed by atoms with E-state index in [1.165, 1.54) is 0 Å². The van der Waals surface area contributed by atoms with Gasteiger partial charge in [-0.15, -0.1) is 0 Å². The van der Waals surface area contributed by atoms with Crippen molar-refractivity contribution in [3.05, 3.63) is 11.4 Å². The second-order valence-corrected chi connectivity index (χ2v) is 3.50. The van der Waals surface area contributed by atoms with E-state index >= 15 is 0 Å². The van der Waals surface area contributed by atoms with E-state index in [1.807, 2.05) is 13.8 Å². The fourth-order valence-electron chi connectivity index (χ4n) is 1.45. The first-order valence-electron chi connectivity index (χ1n) is 5.69. The Morgan fingerprint density at radius 1 is 1.41 bits per heavy atom. The van der Waals surface area contributed by atoms with E-state index < -0.39 is 5.97 Å². The number of esters is 1. The molecule has 0 aliphatic carbocycles. The van der Waals surface area contributed by atoms with Crippen molar-refractivity contribution in [1.82, 2.24) is 9.78 Å². The Morgan fingerprint density at radius 2 is 2.12 bits per heavy atom. The van der Waals surface area contributed by atoms with E-state index in [0.717, 1.165) is 0 Å². The number of hydrogen-bond acceptors (Lipinski definition) is 5. The summed E-state index contributed by atoms with van der Waals surface area (Å²) < 4.78 is 11.7. The first-order chi connectivity index (χ1) is 8.11. The molecule has 0 atom stereocenters. The molecule has 1 rings (SSSR count). The van der Waals surface area contributed by atoms with Gasteiger partial charge < -0.3 is 15.2 Å². The van der Waals surface area contributed by atoms with Crippen LogP contribution in [0.4, 0.5) is 5.69 Å². The van der Waals surface area contributed by atoms with Crippen LogP contribution in [0.25, 0.3) is 0 Å². The highest BCUT2D eigenvalue weighted by Crippen LogP contribution is 2.17. The molecule has 0 aromatic carbocycles. The highest BCUT2D eigenvalue weighted by atomic mass is 16.6. The van der Waals surface area contributed by atoms with Crippen molar-refractivity contribution in [2.24, 2.45) is 0 Å². The van der Waals surface area contributed by atoms with Crippen molar-refractivity contribution >= 4 is 11.7 Å². The number of nitrogen functional groups attached to an aromatic ring is 1. The van der Waals surface area contributed by atoms with Gasteiger partial charge in [-0.25, -0.2) is 4.79 Å². The summed E-state index contributed by atoms with van der Waals surface area (Å²) in [6, 6.07) is 0. The van der Waals surface area contributed by atoms with Crippen LogP contribution in [0.3, 0.4) is 0 Å². The number of nitrogens with two attached hydrogens (primary N) is 1. The largest absolute Gasteiger partial charge is 0.458 e. The van der Waals surface area contributed by atoms with Crippen LogP contribution in [0.2, 0.25) is 0 Å². The number of aromatic nitrogens is 2. The Hall–Kier alpha value is -1.56. The second kappa shape index (κ2) is 6.24. The van der Waals surface area contributed by atoms with E-state index in [1.54, 1.807) is 11.6 Å². The maximum absolute atomic E-state index is 11.8.